The van der Waals surface area contributed by atoms with Crippen molar-refractivity contribution in [1.29, 1.82) is 0 Å². The number of hydrogen-bond donors (Lipinski definition) is 1. The van der Waals surface area contributed by atoms with Crippen molar-refractivity contribution in [3.8, 4) is 0 Å². The molecule has 1 saturated heterocycles. The molecule has 1 aromatic rings. The van der Waals surface area contributed by atoms with Gasteiger partial charge in [0.05, 0.1) is 17.8 Å². The number of Topliss-reactive ketones (excluding diaryl/α,β-unsaturated/α-hetero) is 1. The Morgan fingerprint density at radius 3 is 2.54 bits per heavy atom. The SMILES string of the molecule is [CH2][C@@H](CO)[C@H]1O[C@H]([C@H](C)C(=O)[C@@H](C)OC(=O)c2ccccc2)CC[C@@H]1C. The van der Waals surface area contributed by atoms with Crippen LogP contribution in [0.15, 0.2) is 30.3 Å². The number of ketones is 1. The van der Waals surface area contributed by atoms with E-state index in [0.717, 1.165) is 12.8 Å². The van der Waals surface area contributed by atoms with Gasteiger partial charge in [0.1, 0.15) is 0 Å². The highest BCUT2D eigenvalue weighted by molar-refractivity contribution is 5.93. The maximum atomic E-state index is 12.7. The number of carbonyl (C=O) groups excluding carboxylic acids is 2. The molecule has 6 atom stereocenters. The van der Waals surface area contributed by atoms with Crippen LogP contribution in [-0.4, -0.2) is 41.8 Å². The Morgan fingerprint density at radius 1 is 1.27 bits per heavy atom. The van der Waals surface area contributed by atoms with Gasteiger partial charge in [0, 0.05) is 18.4 Å². The van der Waals surface area contributed by atoms with Crippen molar-refractivity contribution in [3.05, 3.63) is 42.8 Å². The van der Waals surface area contributed by atoms with E-state index < -0.39 is 18.0 Å². The fourth-order valence-electron chi connectivity index (χ4n) is 3.46. The van der Waals surface area contributed by atoms with Gasteiger partial charge in [0.2, 0.25) is 0 Å². The van der Waals surface area contributed by atoms with Crippen molar-refractivity contribution in [1.82, 2.24) is 0 Å². The van der Waals surface area contributed by atoms with E-state index in [1.165, 1.54) is 0 Å². The summed E-state index contributed by atoms with van der Waals surface area (Å²) in [7, 11) is 0. The Kier molecular flexibility index (Phi) is 7.35. The molecule has 5 heteroatoms. The van der Waals surface area contributed by atoms with Crippen molar-refractivity contribution in [2.24, 2.45) is 17.8 Å². The zero-order chi connectivity index (χ0) is 19.3. The summed E-state index contributed by atoms with van der Waals surface area (Å²) in [6.45, 7) is 9.38. The number of ether oxygens (including phenoxy) is 2. The van der Waals surface area contributed by atoms with Crippen LogP contribution in [0.5, 0.6) is 0 Å². The smallest absolute Gasteiger partial charge is 0.338 e. The van der Waals surface area contributed by atoms with E-state index in [2.05, 4.69) is 13.8 Å². The monoisotopic (exact) mass is 361 g/mol. The molecule has 1 fully saturated rings. The molecule has 1 aromatic carbocycles. The molecule has 0 amide bonds. The summed E-state index contributed by atoms with van der Waals surface area (Å²) in [5.41, 5.74) is 0.422. The summed E-state index contributed by atoms with van der Waals surface area (Å²) in [5, 5.41) is 9.37. The molecule has 0 unspecified atom stereocenters. The van der Waals surface area contributed by atoms with Gasteiger partial charge in [-0.15, -0.1) is 0 Å². The molecule has 2 rings (SSSR count). The first kappa shape index (κ1) is 20.6. The summed E-state index contributed by atoms with van der Waals surface area (Å²) in [6.07, 6.45) is 0.417. The number of aliphatic hydroxyl groups excluding tert-OH is 1. The van der Waals surface area contributed by atoms with Gasteiger partial charge in [0.25, 0.3) is 0 Å². The van der Waals surface area contributed by atoms with Gasteiger partial charge in [-0.1, -0.05) is 32.0 Å². The minimum Gasteiger partial charge on any atom is -0.451 e. The quantitative estimate of drug-likeness (QED) is 0.756. The Balaban J connectivity index is 1.96. The molecule has 1 aliphatic heterocycles. The minimum absolute atomic E-state index is 0.0465. The lowest BCUT2D eigenvalue weighted by molar-refractivity contribution is -0.150. The molecule has 0 spiro atoms. The minimum atomic E-state index is -0.840. The summed E-state index contributed by atoms with van der Waals surface area (Å²) >= 11 is 0. The number of carbonyl (C=O) groups is 2. The third-order valence-electron chi connectivity index (χ3n) is 5.20. The highest BCUT2D eigenvalue weighted by Gasteiger charge is 2.38. The van der Waals surface area contributed by atoms with Gasteiger partial charge in [0.15, 0.2) is 11.9 Å². The molecular weight excluding hydrogens is 332 g/mol. The molecule has 1 radical (unpaired) electrons. The zero-order valence-corrected chi connectivity index (χ0v) is 15.8. The number of benzene rings is 1. The van der Waals surface area contributed by atoms with Crippen LogP contribution in [0, 0.1) is 24.7 Å². The second-order valence-electron chi connectivity index (χ2n) is 7.24. The highest BCUT2D eigenvalue weighted by atomic mass is 16.5. The van der Waals surface area contributed by atoms with Gasteiger partial charge < -0.3 is 14.6 Å². The average Bonchev–Trinajstić information content (AvgIpc) is 2.67. The van der Waals surface area contributed by atoms with E-state index in [1.807, 2.05) is 13.0 Å². The molecule has 0 bridgehead atoms. The van der Waals surface area contributed by atoms with Crippen molar-refractivity contribution in [2.45, 2.75) is 51.9 Å². The van der Waals surface area contributed by atoms with Crippen LogP contribution in [-0.2, 0) is 14.3 Å². The second kappa shape index (κ2) is 9.28. The second-order valence-corrected chi connectivity index (χ2v) is 7.24. The number of esters is 1. The molecule has 1 aliphatic rings. The molecule has 1 N–H and O–H groups in total. The van der Waals surface area contributed by atoms with Crippen LogP contribution >= 0.6 is 0 Å². The maximum Gasteiger partial charge on any atom is 0.338 e. The van der Waals surface area contributed by atoms with Crippen molar-refractivity contribution in [2.75, 3.05) is 6.61 Å². The first-order valence-corrected chi connectivity index (χ1v) is 9.24. The zero-order valence-electron chi connectivity index (χ0n) is 15.8. The third-order valence-corrected chi connectivity index (χ3v) is 5.20. The Bertz CT molecular complexity index is 596. The number of aliphatic hydroxyl groups is 1. The van der Waals surface area contributed by atoms with E-state index in [9.17, 15) is 14.7 Å². The predicted molar refractivity (Wildman–Crippen MR) is 98.5 cm³/mol. The number of hydrogen-bond acceptors (Lipinski definition) is 5. The van der Waals surface area contributed by atoms with Gasteiger partial charge in [-0.3, -0.25) is 4.79 Å². The van der Waals surface area contributed by atoms with Gasteiger partial charge in [-0.2, -0.15) is 0 Å². The van der Waals surface area contributed by atoms with Crippen LogP contribution in [0.3, 0.4) is 0 Å². The Morgan fingerprint density at radius 2 is 1.92 bits per heavy atom. The van der Waals surface area contributed by atoms with Crippen LogP contribution in [0.4, 0.5) is 0 Å². The Hall–Kier alpha value is -1.72. The van der Waals surface area contributed by atoms with Crippen molar-refractivity contribution < 1.29 is 24.2 Å². The third kappa shape index (κ3) is 4.92. The van der Waals surface area contributed by atoms with Gasteiger partial charge >= 0.3 is 5.97 Å². The standard InChI is InChI=1S/C21H29O5/c1-13-10-11-18(26-20(13)14(2)12-22)15(3)19(23)16(4)25-21(24)17-8-6-5-7-9-17/h5-9,13-16,18,20,22H,2,10-12H2,1,3-4H3/t13-,14-,15-,16+,18-,20-/m0/s1. The van der Waals surface area contributed by atoms with E-state index >= 15 is 0 Å². The summed E-state index contributed by atoms with van der Waals surface area (Å²) in [5.74, 6) is -0.987. The molecule has 1 heterocycles. The lowest BCUT2D eigenvalue weighted by atomic mass is 9.82. The highest BCUT2D eigenvalue weighted by Crippen LogP contribution is 2.33. The number of rotatable bonds is 7. The molecule has 5 nitrogen and oxygen atoms in total. The summed E-state index contributed by atoms with van der Waals surface area (Å²) in [6, 6.07) is 8.62. The van der Waals surface area contributed by atoms with E-state index in [0.29, 0.717) is 5.56 Å². The molecule has 0 aromatic heterocycles. The summed E-state index contributed by atoms with van der Waals surface area (Å²) in [4.78, 5) is 24.9. The molecule has 0 aliphatic carbocycles. The van der Waals surface area contributed by atoms with Crippen molar-refractivity contribution >= 4 is 11.8 Å². The van der Waals surface area contributed by atoms with Crippen LogP contribution < -0.4 is 0 Å². The normalized spacial score (nSPS) is 26.6. The lowest BCUT2D eigenvalue weighted by Gasteiger charge is -2.40. The van der Waals surface area contributed by atoms with E-state index in [4.69, 9.17) is 9.47 Å². The first-order chi connectivity index (χ1) is 12.3. The fraction of sp³-hybridized carbons (Fsp3) is 0.571. The van der Waals surface area contributed by atoms with Crippen molar-refractivity contribution in [3.63, 3.8) is 0 Å². The van der Waals surface area contributed by atoms with Gasteiger partial charge in [-0.05, 0) is 44.7 Å². The Labute approximate surface area is 155 Å². The largest absolute Gasteiger partial charge is 0.451 e. The lowest BCUT2D eigenvalue weighted by Crippen LogP contribution is -2.45. The maximum absolute atomic E-state index is 12.7. The predicted octanol–water partition coefficient (Wildman–Crippen LogP) is 3.06. The first-order valence-electron chi connectivity index (χ1n) is 9.24. The average molecular weight is 361 g/mol. The van der Waals surface area contributed by atoms with Crippen LogP contribution in [0.25, 0.3) is 0 Å². The fourth-order valence-corrected chi connectivity index (χ4v) is 3.46. The van der Waals surface area contributed by atoms with Crippen LogP contribution in [0.1, 0.15) is 44.0 Å². The van der Waals surface area contributed by atoms with E-state index in [1.54, 1.807) is 31.2 Å². The molecule has 143 valence electrons. The van der Waals surface area contributed by atoms with E-state index in [-0.39, 0.29) is 36.4 Å². The molecular formula is C21H29O5. The molecule has 0 saturated carbocycles. The topological polar surface area (TPSA) is 72.8 Å². The van der Waals surface area contributed by atoms with Gasteiger partial charge in [-0.25, -0.2) is 4.79 Å². The van der Waals surface area contributed by atoms with Crippen LogP contribution in [0.2, 0.25) is 0 Å². The molecule has 26 heavy (non-hydrogen) atoms. The summed E-state index contributed by atoms with van der Waals surface area (Å²) < 4.78 is 11.4.